The van der Waals surface area contributed by atoms with E-state index in [1.807, 2.05) is 7.11 Å². The average Bonchev–Trinajstić information content (AvgIpc) is 2.45. The Balaban J connectivity index is 1.76. The molecule has 3 atom stereocenters. The van der Waals surface area contributed by atoms with E-state index in [1.54, 1.807) is 0 Å². The molecule has 0 aliphatic heterocycles. The smallest absolute Gasteiger partial charge is 0.0571 e. The molecular formula is C18H34O. The summed E-state index contributed by atoms with van der Waals surface area (Å²) in [7, 11) is 1.88. The maximum absolute atomic E-state index is 5.51. The third-order valence-corrected chi connectivity index (χ3v) is 5.97. The molecule has 3 unspecified atom stereocenters. The quantitative estimate of drug-likeness (QED) is 0.644. The molecule has 0 heterocycles. The Bertz CT molecular complexity index is 242. The molecule has 0 spiro atoms. The zero-order chi connectivity index (χ0) is 13.7. The summed E-state index contributed by atoms with van der Waals surface area (Å²) in [5, 5.41) is 0. The minimum absolute atomic E-state index is 0.562. The number of rotatable bonds is 5. The molecule has 2 aliphatic carbocycles. The van der Waals surface area contributed by atoms with Crippen LogP contribution in [0, 0.1) is 23.7 Å². The molecular weight excluding hydrogens is 232 g/mol. The first-order chi connectivity index (χ1) is 9.24. The zero-order valence-corrected chi connectivity index (χ0v) is 13.4. The van der Waals surface area contributed by atoms with Crippen LogP contribution in [0.5, 0.6) is 0 Å². The Morgan fingerprint density at radius 2 is 1.74 bits per heavy atom. The molecule has 19 heavy (non-hydrogen) atoms. The monoisotopic (exact) mass is 266 g/mol. The Morgan fingerprint density at radius 3 is 2.32 bits per heavy atom. The number of hydrogen-bond donors (Lipinski definition) is 0. The van der Waals surface area contributed by atoms with Gasteiger partial charge in [-0.25, -0.2) is 0 Å². The van der Waals surface area contributed by atoms with E-state index in [9.17, 15) is 0 Å². The first kappa shape index (κ1) is 15.4. The van der Waals surface area contributed by atoms with E-state index in [0.717, 1.165) is 23.7 Å². The van der Waals surface area contributed by atoms with Crippen molar-refractivity contribution in [3.05, 3.63) is 0 Å². The first-order valence-corrected chi connectivity index (χ1v) is 8.77. The third kappa shape index (κ3) is 4.21. The lowest BCUT2D eigenvalue weighted by atomic mass is 9.65. The number of methoxy groups -OCH3 is 1. The van der Waals surface area contributed by atoms with Gasteiger partial charge in [-0.3, -0.25) is 0 Å². The lowest BCUT2D eigenvalue weighted by molar-refractivity contribution is 0.0275. The van der Waals surface area contributed by atoms with Crippen LogP contribution in [0.1, 0.15) is 78.1 Å². The second kappa shape index (κ2) is 7.67. The zero-order valence-electron chi connectivity index (χ0n) is 13.4. The molecule has 0 aromatic rings. The summed E-state index contributed by atoms with van der Waals surface area (Å²) < 4.78 is 5.51. The van der Waals surface area contributed by atoms with Gasteiger partial charge in [0, 0.05) is 7.11 Å². The van der Waals surface area contributed by atoms with Crippen LogP contribution in [-0.4, -0.2) is 13.2 Å². The Morgan fingerprint density at radius 1 is 1.00 bits per heavy atom. The Labute approximate surface area is 120 Å². The molecule has 2 rings (SSSR count). The molecule has 2 aliphatic rings. The van der Waals surface area contributed by atoms with Crippen molar-refractivity contribution in [3.8, 4) is 0 Å². The van der Waals surface area contributed by atoms with Crippen molar-refractivity contribution in [2.45, 2.75) is 84.2 Å². The van der Waals surface area contributed by atoms with Gasteiger partial charge in [0.25, 0.3) is 0 Å². The molecule has 0 saturated heterocycles. The maximum Gasteiger partial charge on any atom is 0.0571 e. The van der Waals surface area contributed by atoms with Crippen LogP contribution in [0.15, 0.2) is 0 Å². The molecule has 0 amide bonds. The van der Waals surface area contributed by atoms with Crippen molar-refractivity contribution in [2.75, 3.05) is 7.11 Å². The molecule has 1 nitrogen and oxygen atoms in total. The van der Waals surface area contributed by atoms with Crippen LogP contribution in [0.25, 0.3) is 0 Å². The summed E-state index contributed by atoms with van der Waals surface area (Å²) >= 11 is 0. The van der Waals surface area contributed by atoms with Gasteiger partial charge in [-0.1, -0.05) is 39.5 Å². The molecule has 0 N–H and O–H groups in total. The van der Waals surface area contributed by atoms with Gasteiger partial charge in [0.2, 0.25) is 0 Å². The van der Waals surface area contributed by atoms with Gasteiger partial charge in [-0.2, -0.15) is 0 Å². The van der Waals surface area contributed by atoms with E-state index in [4.69, 9.17) is 4.74 Å². The van der Waals surface area contributed by atoms with Gasteiger partial charge in [0.1, 0.15) is 0 Å². The minimum atomic E-state index is 0.562. The van der Waals surface area contributed by atoms with Crippen LogP contribution >= 0.6 is 0 Å². The van der Waals surface area contributed by atoms with E-state index in [-0.39, 0.29) is 0 Å². The maximum atomic E-state index is 5.51. The number of unbranched alkanes of at least 4 members (excludes halogenated alkanes) is 1. The SMILES string of the molecule is CCCCC1CCC(C2CCC(OC)CC2)C(C)C1. The van der Waals surface area contributed by atoms with Gasteiger partial charge in [0.15, 0.2) is 0 Å². The van der Waals surface area contributed by atoms with Crippen molar-refractivity contribution in [1.29, 1.82) is 0 Å². The first-order valence-electron chi connectivity index (χ1n) is 8.77. The Kier molecular flexibility index (Phi) is 6.19. The summed E-state index contributed by atoms with van der Waals surface area (Å²) in [4.78, 5) is 0. The number of ether oxygens (including phenoxy) is 1. The summed E-state index contributed by atoms with van der Waals surface area (Å²) in [5.74, 6) is 4.05. The lowest BCUT2D eigenvalue weighted by Gasteiger charge is -2.41. The summed E-state index contributed by atoms with van der Waals surface area (Å²) in [6.45, 7) is 4.86. The van der Waals surface area contributed by atoms with Crippen molar-refractivity contribution in [1.82, 2.24) is 0 Å². The van der Waals surface area contributed by atoms with Gasteiger partial charge >= 0.3 is 0 Å². The minimum Gasteiger partial charge on any atom is -0.381 e. The fourth-order valence-corrected chi connectivity index (χ4v) is 4.74. The molecule has 2 fully saturated rings. The second-order valence-electron chi connectivity index (χ2n) is 7.23. The second-order valence-corrected chi connectivity index (χ2v) is 7.23. The molecule has 2 saturated carbocycles. The fourth-order valence-electron chi connectivity index (χ4n) is 4.74. The molecule has 1 heteroatoms. The largest absolute Gasteiger partial charge is 0.381 e. The standard InChI is InChI=1S/C18H34O/c1-4-5-6-15-7-12-18(14(2)13-15)16-8-10-17(19-3)11-9-16/h14-18H,4-13H2,1-3H3. The van der Waals surface area contributed by atoms with Gasteiger partial charge in [0.05, 0.1) is 6.10 Å². The Hall–Kier alpha value is -0.0400. The van der Waals surface area contributed by atoms with Crippen LogP contribution < -0.4 is 0 Å². The van der Waals surface area contributed by atoms with E-state index in [2.05, 4.69) is 13.8 Å². The highest BCUT2D eigenvalue weighted by atomic mass is 16.5. The van der Waals surface area contributed by atoms with Crippen molar-refractivity contribution in [2.24, 2.45) is 23.7 Å². The van der Waals surface area contributed by atoms with E-state index in [1.165, 1.54) is 64.2 Å². The van der Waals surface area contributed by atoms with Crippen molar-refractivity contribution < 1.29 is 4.74 Å². The summed E-state index contributed by atoms with van der Waals surface area (Å²) in [6.07, 6.45) is 14.9. The van der Waals surface area contributed by atoms with Gasteiger partial charge in [-0.15, -0.1) is 0 Å². The molecule has 0 aromatic heterocycles. The summed E-state index contributed by atoms with van der Waals surface area (Å²) in [6, 6.07) is 0. The van der Waals surface area contributed by atoms with Crippen molar-refractivity contribution >= 4 is 0 Å². The molecule has 0 bridgehead atoms. The average molecular weight is 266 g/mol. The highest BCUT2D eigenvalue weighted by Gasteiger charge is 2.34. The highest BCUT2D eigenvalue weighted by Crippen LogP contribution is 2.44. The molecule has 112 valence electrons. The van der Waals surface area contributed by atoms with E-state index < -0.39 is 0 Å². The normalized spacial score (nSPS) is 40.3. The van der Waals surface area contributed by atoms with Crippen molar-refractivity contribution in [3.63, 3.8) is 0 Å². The molecule has 0 radical (unpaired) electrons. The van der Waals surface area contributed by atoms with Crippen LogP contribution in [0.3, 0.4) is 0 Å². The van der Waals surface area contributed by atoms with Crippen LogP contribution in [0.4, 0.5) is 0 Å². The van der Waals surface area contributed by atoms with Gasteiger partial charge in [-0.05, 0) is 62.2 Å². The van der Waals surface area contributed by atoms with Crippen LogP contribution in [0.2, 0.25) is 0 Å². The third-order valence-electron chi connectivity index (χ3n) is 5.97. The lowest BCUT2D eigenvalue weighted by Crippen LogP contribution is -2.32. The highest BCUT2D eigenvalue weighted by molar-refractivity contribution is 4.85. The van der Waals surface area contributed by atoms with Gasteiger partial charge < -0.3 is 4.74 Å². The van der Waals surface area contributed by atoms with E-state index >= 15 is 0 Å². The van der Waals surface area contributed by atoms with E-state index in [0.29, 0.717) is 6.10 Å². The van der Waals surface area contributed by atoms with Crippen LogP contribution in [-0.2, 0) is 4.74 Å². The predicted molar refractivity (Wildman–Crippen MR) is 82.3 cm³/mol. The topological polar surface area (TPSA) is 9.23 Å². The predicted octanol–water partition coefficient (Wildman–Crippen LogP) is 5.43. The summed E-state index contributed by atoms with van der Waals surface area (Å²) in [5.41, 5.74) is 0. The fraction of sp³-hybridized carbons (Fsp3) is 1.00. The molecule has 0 aromatic carbocycles. The number of hydrogen-bond acceptors (Lipinski definition) is 1.